The van der Waals surface area contributed by atoms with Gasteiger partial charge in [0.05, 0.1) is 10.7 Å². The molecule has 1 amide bonds. The van der Waals surface area contributed by atoms with Crippen LogP contribution >= 0.6 is 27.5 Å². The number of benzene rings is 2. The predicted octanol–water partition coefficient (Wildman–Crippen LogP) is 3.86. The van der Waals surface area contributed by atoms with Crippen molar-refractivity contribution in [1.29, 1.82) is 0 Å². The fourth-order valence-corrected chi connectivity index (χ4v) is 4.04. The summed E-state index contributed by atoms with van der Waals surface area (Å²) in [5, 5.41) is 2.79. The number of halogens is 2. The number of amides is 1. The molecule has 22 heavy (non-hydrogen) atoms. The molecular weight excluding hydrogens is 392 g/mol. The first kappa shape index (κ1) is 16.8. The lowest BCUT2D eigenvalue weighted by Crippen LogP contribution is -2.14. The summed E-state index contributed by atoms with van der Waals surface area (Å²) in [4.78, 5) is 11.2. The maximum Gasteiger partial charge on any atom is 0.263 e. The van der Waals surface area contributed by atoms with Crippen molar-refractivity contribution < 1.29 is 13.2 Å². The van der Waals surface area contributed by atoms with Crippen LogP contribution in [0.2, 0.25) is 5.02 Å². The van der Waals surface area contributed by atoms with Gasteiger partial charge in [-0.05, 0) is 46.3 Å². The Hall–Kier alpha value is -1.57. The zero-order valence-corrected chi connectivity index (χ0v) is 14.6. The molecule has 0 saturated carbocycles. The Morgan fingerprint density at radius 3 is 2.50 bits per heavy atom. The summed E-state index contributed by atoms with van der Waals surface area (Å²) in [6.07, 6.45) is 0. The van der Waals surface area contributed by atoms with Gasteiger partial charge in [-0.1, -0.05) is 23.7 Å². The van der Waals surface area contributed by atoms with Crippen molar-refractivity contribution in [3.63, 3.8) is 0 Å². The van der Waals surface area contributed by atoms with Gasteiger partial charge in [-0.3, -0.25) is 9.52 Å². The summed E-state index contributed by atoms with van der Waals surface area (Å²) in [7, 11) is -3.81. The number of carbonyl (C=O) groups is 1. The Morgan fingerprint density at radius 1 is 1.18 bits per heavy atom. The summed E-state index contributed by atoms with van der Waals surface area (Å²) in [6.45, 7) is 1.36. The van der Waals surface area contributed by atoms with Gasteiger partial charge in [-0.15, -0.1) is 0 Å². The van der Waals surface area contributed by atoms with E-state index in [2.05, 4.69) is 26.0 Å². The molecule has 2 rings (SSSR count). The lowest BCUT2D eigenvalue weighted by Gasteiger charge is -2.12. The molecule has 0 aromatic heterocycles. The van der Waals surface area contributed by atoms with E-state index in [-0.39, 0.29) is 21.5 Å². The van der Waals surface area contributed by atoms with Crippen LogP contribution in [0.3, 0.4) is 0 Å². The van der Waals surface area contributed by atoms with Gasteiger partial charge in [-0.25, -0.2) is 8.42 Å². The van der Waals surface area contributed by atoms with Gasteiger partial charge in [0, 0.05) is 17.1 Å². The third kappa shape index (κ3) is 4.00. The summed E-state index contributed by atoms with van der Waals surface area (Å²) in [5.74, 6) is -0.262. The minimum absolute atomic E-state index is 0.0935. The number of rotatable bonds is 4. The first-order valence-electron chi connectivity index (χ1n) is 6.14. The Kier molecular flexibility index (Phi) is 5.10. The van der Waals surface area contributed by atoms with E-state index in [0.29, 0.717) is 10.2 Å². The molecule has 0 saturated heterocycles. The van der Waals surface area contributed by atoms with Crippen molar-refractivity contribution in [2.24, 2.45) is 0 Å². The highest BCUT2D eigenvalue weighted by molar-refractivity contribution is 9.10. The Balaban J connectivity index is 2.37. The minimum atomic E-state index is -3.81. The van der Waals surface area contributed by atoms with Crippen molar-refractivity contribution in [3.8, 4) is 0 Å². The van der Waals surface area contributed by atoms with E-state index in [1.807, 2.05) is 0 Å². The van der Waals surface area contributed by atoms with Gasteiger partial charge >= 0.3 is 0 Å². The number of nitrogens with one attached hydrogen (secondary N) is 2. The Bertz CT molecular complexity index is 825. The van der Waals surface area contributed by atoms with E-state index in [1.54, 1.807) is 24.3 Å². The summed E-state index contributed by atoms with van der Waals surface area (Å²) in [5.41, 5.74) is 0.630. The SMILES string of the molecule is CC(=O)Nc1ccc(Cl)c(NS(=O)(=O)c2ccccc2Br)c1. The van der Waals surface area contributed by atoms with Crippen LogP contribution in [0.1, 0.15) is 6.92 Å². The fourth-order valence-electron chi connectivity index (χ4n) is 1.75. The molecule has 2 N–H and O–H groups in total. The Labute approximate surface area is 141 Å². The van der Waals surface area contributed by atoms with Gasteiger partial charge in [0.15, 0.2) is 0 Å². The molecule has 0 aliphatic rings. The topological polar surface area (TPSA) is 75.3 Å². The van der Waals surface area contributed by atoms with Crippen molar-refractivity contribution in [1.82, 2.24) is 0 Å². The van der Waals surface area contributed by atoms with Crippen LogP contribution in [-0.2, 0) is 14.8 Å². The van der Waals surface area contributed by atoms with E-state index < -0.39 is 10.0 Å². The van der Waals surface area contributed by atoms with E-state index in [1.165, 1.54) is 25.1 Å². The molecule has 0 aliphatic heterocycles. The highest BCUT2D eigenvalue weighted by Gasteiger charge is 2.18. The Morgan fingerprint density at radius 2 is 1.86 bits per heavy atom. The van der Waals surface area contributed by atoms with Crippen LogP contribution in [0.25, 0.3) is 0 Å². The number of hydrogen-bond acceptors (Lipinski definition) is 3. The lowest BCUT2D eigenvalue weighted by molar-refractivity contribution is -0.114. The first-order valence-corrected chi connectivity index (χ1v) is 8.79. The molecule has 116 valence electrons. The van der Waals surface area contributed by atoms with Gasteiger partial charge in [0.2, 0.25) is 5.91 Å². The first-order chi connectivity index (χ1) is 10.3. The van der Waals surface area contributed by atoms with E-state index in [4.69, 9.17) is 11.6 Å². The van der Waals surface area contributed by atoms with E-state index in [9.17, 15) is 13.2 Å². The molecule has 0 unspecified atom stereocenters. The molecule has 0 spiro atoms. The number of hydrogen-bond donors (Lipinski definition) is 2. The quantitative estimate of drug-likeness (QED) is 0.814. The number of sulfonamides is 1. The third-order valence-corrected chi connectivity index (χ3v) is 5.36. The second kappa shape index (κ2) is 6.68. The predicted molar refractivity (Wildman–Crippen MR) is 90.7 cm³/mol. The molecular formula is C14H12BrClN2O3S. The van der Waals surface area contributed by atoms with Gasteiger partial charge in [0.1, 0.15) is 4.90 Å². The average molecular weight is 404 g/mol. The molecule has 2 aromatic carbocycles. The molecule has 0 bridgehead atoms. The zero-order valence-electron chi connectivity index (χ0n) is 11.4. The van der Waals surface area contributed by atoms with Gasteiger partial charge < -0.3 is 5.32 Å². The standard InChI is InChI=1S/C14H12BrClN2O3S/c1-9(19)17-10-6-7-12(16)13(8-10)18-22(20,21)14-5-3-2-4-11(14)15/h2-8,18H,1H3,(H,17,19). The molecule has 0 fully saturated rings. The van der Waals surface area contributed by atoms with Crippen LogP contribution in [0, 0.1) is 0 Å². The molecule has 0 radical (unpaired) electrons. The summed E-state index contributed by atoms with van der Waals surface area (Å²) >= 11 is 9.22. The summed E-state index contributed by atoms with van der Waals surface area (Å²) in [6, 6.07) is 11.0. The molecule has 0 atom stereocenters. The molecule has 2 aromatic rings. The molecule has 0 aliphatic carbocycles. The highest BCUT2D eigenvalue weighted by Crippen LogP contribution is 2.29. The third-order valence-electron chi connectivity index (χ3n) is 2.66. The molecule has 0 heterocycles. The highest BCUT2D eigenvalue weighted by atomic mass is 79.9. The van der Waals surface area contributed by atoms with E-state index >= 15 is 0 Å². The normalized spacial score (nSPS) is 11.0. The van der Waals surface area contributed by atoms with Crippen molar-refractivity contribution in [3.05, 3.63) is 52.0 Å². The fraction of sp³-hybridized carbons (Fsp3) is 0.0714. The molecule has 8 heteroatoms. The minimum Gasteiger partial charge on any atom is -0.326 e. The second-order valence-corrected chi connectivity index (χ2v) is 7.32. The van der Waals surface area contributed by atoms with Crippen molar-refractivity contribution >= 4 is 54.8 Å². The maximum absolute atomic E-state index is 12.4. The van der Waals surface area contributed by atoms with Gasteiger partial charge in [0.25, 0.3) is 10.0 Å². The summed E-state index contributed by atoms with van der Waals surface area (Å²) < 4.78 is 27.7. The van der Waals surface area contributed by atoms with Crippen molar-refractivity contribution in [2.45, 2.75) is 11.8 Å². The smallest absolute Gasteiger partial charge is 0.263 e. The van der Waals surface area contributed by atoms with Crippen LogP contribution < -0.4 is 10.0 Å². The number of carbonyl (C=O) groups excluding carboxylic acids is 1. The van der Waals surface area contributed by atoms with Crippen LogP contribution in [0.5, 0.6) is 0 Å². The van der Waals surface area contributed by atoms with Crippen LogP contribution in [-0.4, -0.2) is 14.3 Å². The number of anilines is 2. The van der Waals surface area contributed by atoms with Crippen LogP contribution in [0.15, 0.2) is 51.8 Å². The second-order valence-electron chi connectivity index (χ2n) is 4.41. The monoisotopic (exact) mass is 402 g/mol. The average Bonchev–Trinajstić information content (AvgIpc) is 2.42. The lowest BCUT2D eigenvalue weighted by atomic mass is 10.3. The largest absolute Gasteiger partial charge is 0.326 e. The molecule has 5 nitrogen and oxygen atoms in total. The van der Waals surface area contributed by atoms with Crippen molar-refractivity contribution in [2.75, 3.05) is 10.0 Å². The van der Waals surface area contributed by atoms with E-state index in [0.717, 1.165) is 0 Å². The maximum atomic E-state index is 12.4. The zero-order chi connectivity index (χ0) is 16.3. The van der Waals surface area contributed by atoms with Crippen LogP contribution in [0.4, 0.5) is 11.4 Å². The van der Waals surface area contributed by atoms with Gasteiger partial charge in [-0.2, -0.15) is 0 Å².